The molecule has 0 bridgehead atoms. The lowest BCUT2D eigenvalue weighted by Crippen LogP contribution is -2.61. The van der Waals surface area contributed by atoms with Crippen LogP contribution in [0.2, 0.25) is 0 Å². The van der Waals surface area contributed by atoms with Crippen molar-refractivity contribution in [3.63, 3.8) is 0 Å². The topological polar surface area (TPSA) is 24.5 Å². The monoisotopic (exact) mass is 252 g/mol. The fourth-order valence-electron chi connectivity index (χ4n) is 3.79. The molecule has 3 fully saturated rings. The summed E-state index contributed by atoms with van der Waals surface area (Å²) in [6.45, 7) is 11.7. The van der Waals surface area contributed by atoms with Crippen LogP contribution in [0, 0.1) is 11.3 Å². The summed E-state index contributed by atoms with van der Waals surface area (Å²) in [7, 11) is 0. The number of piperazine rings is 1. The maximum Gasteiger partial charge on any atom is 0.0471 e. The third kappa shape index (κ3) is 2.73. The van der Waals surface area contributed by atoms with Gasteiger partial charge in [0.05, 0.1) is 0 Å². The lowest BCUT2D eigenvalue weighted by molar-refractivity contribution is -0.00574. The van der Waals surface area contributed by atoms with Crippen LogP contribution in [0.1, 0.15) is 39.5 Å². The summed E-state index contributed by atoms with van der Waals surface area (Å²) in [6, 6.07) is 0. The maximum atomic E-state index is 5.51. The summed E-state index contributed by atoms with van der Waals surface area (Å²) in [4.78, 5) is 2.71. The zero-order valence-electron chi connectivity index (χ0n) is 12.0. The van der Waals surface area contributed by atoms with E-state index in [0.717, 1.165) is 19.1 Å². The predicted octanol–water partition coefficient (Wildman–Crippen LogP) is 1.88. The second kappa shape index (κ2) is 4.77. The van der Waals surface area contributed by atoms with Crippen molar-refractivity contribution in [3.8, 4) is 0 Å². The van der Waals surface area contributed by atoms with Gasteiger partial charge in [-0.1, -0.05) is 6.92 Å². The second-order valence-corrected chi connectivity index (χ2v) is 7.25. The molecule has 104 valence electrons. The van der Waals surface area contributed by atoms with Gasteiger partial charge < -0.3 is 10.1 Å². The van der Waals surface area contributed by atoms with Gasteiger partial charge in [0.1, 0.15) is 0 Å². The molecule has 1 N–H and O–H groups in total. The third-order valence-corrected chi connectivity index (χ3v) is 5.29. The van der Waals surface area contributed by atoms with E-state index in [2.05, 4.69) is 24.1 Å². The van der Waals surface area contributed by atoms with Gasteiger partial charge in [-0.05, 0) is 43.9 Å². The first-order valence-electron chi connectivity index (χ1n) is 7.65. The van der Waals surface area contributed by atoms with Gasteiger partial charge in [-0.2, -0.15) is 0 Å². The molecule has 2 heterocycles. The Labute approximate surface area is 111 Å². The van der Waals surface area contributed by atoms with E-state index < -0.39 is 0 Å². The third-order valence-electron chi connectivity index (χ3n) is 5.29. The largest absolute Gasteiger partial charge is 0.381 e. The van der Waals surface area contributed by atoms with Gasteiger partial charge in [0.25, 0.3) is 0 Å². The van der Waals surface area contributed by atoms with Gasteiger partial charge in [0.15, 0.2) is 0 Å². The number of hydrogen-bond donors (Lipinski definition) is 1. The highest BCUT2D eigenvalue weighted by molar-refractivity contribution is 5.02. The summed E-state index contributed by atoms with van der Waals surface area (Å²) in [5.41, 5.74) is 0.875. The van der Waals surface area contributed by atoms with Gasteiger partial charge in [-0.3, -0.25) is 4.90 Å². The van der Waals surface area contributed by atoms with Crippen molar-refractivity contribution in [1.29, 1.82) is 0 Å². The van der Waals surface area contributed by atoms with Crippen LogP contribution in [0.4, 0.5) is 0 Å². The van der Waals surface area contributed by atoms with Crippen LogP contribution < -0.4 is 5.32 Å². The molecular weight excluding hydrogens is 224 g/mol. The Morgan fingerprint density at radius 2 is 1.94 bits per heavy atom. The lowest BCUT2D eigenvalue weighted by Gasteiger charge is -2.46. The summed E-state index contributed by atoms with van der Waals surface area (Å²) >= 11 is 0. The zero-order chi connectivity index (χ0) is 12.6. The van der Waals surface area contributed by atoms with Crippen molar-refractivity contribution < 1.29 is 4.74 Å². The standard InChI is InChI=1S/C15H28N2O/c1-14(5-9-18-10-6-14)11-17-8-7-16-15(2,12-17)13-3-4-13/h13,16H,3-12H2,1-2H3. The van der Waals surface area contributed by atoms with E-state index >= 15 is 0 Å². The van der Waals surface area contributed by atoms with Crippen LogP contribution in [0.15, 0.2) is 0 Å². The van der Waals surface area contributed by atoms with Gasteiger partial charge in [0.2, 0.25) is 0 Å². The zero-order valence-corrected chi connectivity index (χ0v) is 12.0. The van der Waals surface area contributed by atoms with E-state index in [1.54, 1.807) is 0 Å². The minimum atomic E-state index is 0.389. The van der Waals surface area contributed by atoms with E-state index in [9.17, 15) is 0 Å². The molecule has 1 atom stereocenters. The summed E-state index contributed by atoms with van der Waals surface area (Å²) in [6.07, 6.45) is 5.33. The van der Waals surface area contributed by atoms with Gasteiger partial charge in [-0.25, -0.2) is 0 Å². The predicted molar refractivity (Wildman–Crippen MR) is 73.7 cm³/mol. The van der Waals surface area contributed by atoms with E-state index in [4.69, 9.17) is 4.74 Å². The number of rotatable bonds is 3. The van der Waals surface area contributed by atoms with Crippen molar-refractivity contribution in [1.82, 2.24) is 10.2 Å². The first-order valence-corrected chi connectivity index (χ1v) is 7.65. The van der Waals surface area contributed by atoms with Crippen molar-refractivity contribution >= 4 is 0 Å². The molecule has 2 aliphatic heterocycles. The SMILES string of the molecule is CC1(CN2CCNC(C)(C3CC3)C2)CCOCC1. The normalized spacial score (nSPS) is 37.7. The average Bonchev–Trinajstić information content (AvgIpc) is 3.13. The maximum absolute atomic E-state index is 5.51. The highest BCUT2D eigenvalue weighted by Gasteiger charge is 2.44. The van der Waals surface area contributed by atoms with Crippen molar-refractivity contribution in [3.05, 3.63) is 0 Å². The number of nitrogens with one attached hydrogen (secondary N) is 1. The van der Waals surface area contributed by atoms with E-state index in [0.29, 0.717) is 11.0 Å². The molecule has 0 radical (unpaired) electrons. The molecule has 1 aliphatic carbocycles. The van der Waals surface area contributed by atoms with Crippen LogP contribution >= 0.6 is 0 Å². The quantitative estimate of drug-likeness (QED) is 0.830. The molecule has 0 spiro atoms. The highest BCUT2D eigenvalue weighted by Crippen LogP contribution is 2.41. The Bertz CT molecular complexity index is 297. The van der Waals surface area contributed by atoms with E-state index in [1.165, 1.54) is 51.9 Å². The van der Waals surface area contributed by atoms with Crippen LogP contribution in [-0.2, 0) is 4.74 Å². The Hall–Kier alpha value is -0.120. The Kier molecular flexibility index (Phi) is 3.41. The average molecular weight is 252 g/mol. The molecule has 0 aromatic heterocycles. The molecule has 3 nitrogen and oxygen atoms in total. The van der Waals surface area contributed by atoms with Crippen molar-refractivity contribution in [2.45, 2.75) is 45.1 Å². The first-order chi connectivity index (χ1) is 8.60. The van der Waals surface area contributed by atoms with Gasteiger partial charge >= 0.3 is 0 Å². The smallest absolute Gasteiger partial charge is 0.0471 e. The second-order valence-electron chi connectivity index (χ2n) is 7.25. The van der Waals surface area contributed by atoms with Crippen LogP contribution in [0.5, 0.6) is 0 Å². The molecule has 0 amide bonds. The molecule has 2 saturated heterocycles. The van der Waals surface area contributed by atoms with E-state index in [-0.39, 0.29) is 0 Å². The summed E-state index contributed by atoms with van der Waals surface area (Å²) in [5.74, 6) is 0.933. The number of nitrogens with zero attached hydrogens (tertiary/aromatic N) is 1. The fourth-order valence-corrected chi connectivity index (χ4v) is 3.79. The van der Waals surface area contributed by atoms with Crippen molar-refractivity contribution in [2.75, 3.05) is 39.4 Å². The molecule has 1 saturated carbocycles. The Morgan fingerprint density at radius 1 is 1.22 bits per heavy atom. The molecule has 0 aromatic rings. The minimum absolute atomic E-state index is 0.389. The van der Waals surface area contributed by atoms with Crippen LogP contribution in [-0.4, -0.2) is 49.8 Å². The van der Waals surface area contributed by atoms with Crippen molar-refractivity contribution in [2.24, 2.45) is 11.3 Å². The van der Waals surface area contributed by atoms with Crippen LogP contribution in [0.3, 0.4) is 0 Å². The van der Waals surface area contributed by atoms with Crippen LogP contribution in [0.25, 0.3) is 0 Å². The number of hydrogen-bond acceptors (Lipinski definition) is 3. The summed E-state index contributed by atoms with van der Waals surface area (Å²) < 4.78 is 5.51. The van der Waals surface area contributed by atoms with E-state index in [1.807, 2.05) is 0 Å². The summed E-state index contributed by atoms with van der Waals surface area (Å²) in [5, 5.41) is 3.77. The molecule has 3 heteroatoms. The molecular formula is C15H28N2O. The number of ether oxygens (including phenoxy) is 1. The molecule has 3 aliphatic rings. The molecule has 18 heavy (non-hydrogen) atoms. The molecule has 0 aromatic carbocycles. The lowest BCUT2D eigenvalue weighted by atomic mass is 9.81. The molecule has 1 unspecified atom stereocenters. The Morgan fingerprint density at radius 3 is 2.61 bits per heavy atom. The minimum Gasteiger partial charge on any atom is -0.381 e. The molecule has 3 rings (SSSR count). The first kappa shape index (κ1) is 12.9. The fraction of sp³-hybridized carbons (Fsp3) is 1.00. The Balaban J connectivity index is 1.58. The highest BCUT2D eigenvalue weighted by atomic mass is 16.5. The van der Waals surface area contributed by atoms with Gasteiger partial charge in [0, 0.05) is 44.9 Å². The van der Waals surface area contributed by atoms with Gasteiger partial charge in [-0.15, -0.1) is 0 Å².